The highest BCUT2D eigenvalue weighted by molar-refractivity contribution is 7.10. The maximum Gasteiger partial charge on any atom is 0.138 e. The van der Waals surface area contributed by atoms with E-state index in [0.29, 0.717) is 16.8 Å². The molecule has 1 fully saturated rings. The molecule has 3 rings (SSSR count). The Balaban J connectivity index is 1.57. The average molecular weight is 328 g/mol. The van der Waals surface area contributed by atoms with Gasteiger partial charge in [0.25, 0.3) is 0 Å². The van der Waals surface area contributed by atoms with Crippen molar-refractivity contribution in [2.75, 3.05) is 19.7 Å². The van der Waals surface area contributed by atoms with Crippen LogP contribution < -0.4 is 0 Å². The van der Waals surface area contributed by atoms with Crippen LogP contribution in [-0.2, 0) is 13.1 Å². The lowest BCUT2D eigenvalue weighted by Gasteiger charge is -2.31. The minimum absolute atomic E-state index is 0.128. The van der Waals surface area contributed by atoms with Gasteiger partial charge in [-0.15, -0.1) is 5.10 Å². The predicted octanol–water partition coefficient (Wildman–Crippen LogP) is 1.76. The van der Waals surface area contributed by atoms with E-state index >= 15 is 0 Å². The molecule has 1 N–H and O–H groups in total. The summed E-state index contributed by atoms with van der Waals surface area (Å²) in [7, 11) is 0. The number of likely N-dealkylation sites (tertiary alicyclic amines) is 1. The third-order valence-corrected chi connectivity index (χ3v) is 4.93. The molecule has 0 atom stereocenters. The molecule has 2 aromatic heterocycles. The first-order valence-electron chi connectivity index (χ1n) is 7.09. The smallest absolute Gasteiger partial charge is 0.138 e. The fourth-order valence-electron chi connectivity index (χ4n) is 2.86. The van der Waals surface area contributed by atoms with Crippen LogP contribution >= 0.6 is 23.1 Å². The Kier molecular flexibility index (Phi) is 4.84. The van der Waals surface area contributed by atoms with E-state index in [9.17, 15) is 0 Å². The Morgan fingerprint density at radius 2 is 2.19 bits per heavy atom. The van der Waals surface area contributed by atoms with Gasteiger partial charge < -0.3 is 5.11 Å². The van der Waals surface area contributed by atoms with Gasteiger partial charge in [0.2, 0.25) is 0 Å². The van der Waals surface area contributed by atoms with Crippen LogP contribution in [0, 0.1) is 0 Å². The summed E-state index contributed by atoms with van der Waals surface area (Å²) in [5, 5.41) is 17.4. The number of hydrogen-bond donors (Lipinski definition) is 1. The second-order valence-electron chi connectivity index (χ2n) is 5.25. The minimum atomic E-state index is 0.128. The third kappa shape index (κ3) is 3.42. The highest BCUT2D eigenvalue weighted by Gasteiger charge is 2.24. The monoisotopic (exact) mass is 327 g/mol. The summed E-state index contributed by atoms with van der Waals surface area (Å²) in [5.74, 6) is 0.513. The van der Waals surface area contributed by atoms with Crippen molar-refractivity contribution in [3.8, 4) is 0 Å². The maximum atomic E-state index is 9.08. The second-order valence-corrected chi connectivity index (χ2v) is 6.60. The lowest BCUT2D eigenvalue weighted by atomic mass is 9.93. The summed E-state index contributed by atoms with van der Waals surface area (Å²) >= 11 is 7.30. The normalized spacial score (nSPS) is 17.4. The number of halogens is 1. The topological polar surface area (TPSA) is 67.1 Å². The van der Waals surface area contributed by atoms with Gasteiger partial charge in [-0.05, 0) is 32.0 Å². The molecule has 8 heteroatoms. The number of nitrogens with zero attached hydrogens (tertiary/aromatic N) is 5. The van der Waals surface area contributed by atoms with Gasteiger partial charge in [-0.1, -0.05) is 16.1 Å². The Labute approximate surface area is 132 Å². The fourth-order valence-corrected chi connectivity index (χ4v) is 3.47. The molecule has 0 unspecified atom stereocenters. The molecule has 0 aliphatic carbocycles. The average Bonchev–Trinajstić information content (AvgIpc) is 3.10. The van der Waals surface area contributed by atoms with Crippen molar-refractivity contribution in [1.29, 1.82) is 0 Å². The van der Waals surface area contributed by atoms with Gasteiger partial charge in [0.1, 0.15) is 10.0 Å². The van der Waals surface area contributed by atoms with Crippen LogP contribution in [0.1, 0.15) is 30.1 Å². The first-order chi connectivity index (χ1) is 10.3. The molecule has 0 spiro atoms. The van der Waals surface area contributed by atoms with Crippen molar-refractivity contribution in [2.24, 2.45) is 0 Å². The van der Waals surface area contributed by atoms with Gasteiger partial charge in [-0.3, -0.25) is 9.58 Å². The summed E-state index contributed by atoms with van der Waals surface area (Å²) in [6.45, 7) is 3.51. The molecule has 1 aliphatic rings. The van der Waals surface area contributed by atoms with E-state index in [1.165, 1.54) is 17.2 Å². The molecule has 0 amide bonds. The van der Waals surface area contributed by atoms with Gasteiger partial charge in [-0.25, -0.2) is 0 Å². The quantitative estimate of drug-likeness (QED) is 0.906. The van der Waals surface area contributed by atoms with E-state index in [1.807, 2.05) is 10.9 Å². The van der Waals surface area contributed by atoms with Gasteiger partial charge >= 0.3 is 0 Å². The molecule has 1 saturated heterocycles. The number of aromatic nitrogens is 4. The molecular weight excluding hydrogens is 310 g/mol. The Morgan fingerprint density at radius 1 is 1.38 bits per heavy atom. The van der Waals surface area contributed by atoms with E-state index in [0.717, 1.165) is 38.2 Å². The van der Waals surface area contributed by atoms with Crippen molar-refractivity contribution in [3.05, 3.63) is 28.0 Å². The van der Waals surface area contributed by atoms with Crippen molar-refractivity contribution in [2.45, 2.75) is 31.8 Å². The first-order valence-corrected chi connectivity index (χ1v) is 8.24. The molecular formula is C13H18ClN5OS. The number of aliphatic hydroxyl groups excluding tert-OH is 1. The summed E-state index contributed by atoms with van der Waals surface area (Å²) in [6, 6.07) is 2.07. The molecule has 114 valence electrons. The van der Waals surface area contributed by atoms with Crippen LogP contribution in [0.25, 0.3) is 0 Å². The van der Waals surface area contributed by atoms with E-state index in [4.69, 9.17) is 16.7 Å². The van der Waals surface area contributed by atoms with E-state index in [2.05, 4.69) is 25.7 Å². The van der Waals surface area contributed by atoms with Crippen LogP contribution in [0.3, 0.4) is 0 Å². The van der Waals surface area contributed by atoms with Crippen LogP contribution in [0.2, 0.25) is 4.34 Å². The number of hydrogen-bond acceptors (Lipinski definition) is 6. The highest BCUT2D eigenvalue weighted by Crippen LogP contribution is 2.29. The van der Waals surface area contributed by atoms with Crippen LogP contribution in [0.15, 0.2) is 12.3 Å². The lowest BCUT2D eigenvalue weighted by molar-refractivity contribution is 0.197. The van der Waals surface area contributed by atoms with Crippen molar-refractivity contribution < 1.29 is 5.11 Å². The van der Waals surface area contributed by atoms with Crippen molar-refractivity contribution in [3.63, 3.8) is 0 Å². The van der Waals surface area contributed by atoms with E-state index < -0.39 is 0 Å². The zero-order valence-electron chi connectivity index (χ0n) is 11.7. The summed E-state index contributed by atoms with van der Waals surface area (Å²) in [4.78, 5) is 2.37. The number of piperidine rings is 1. The Bertz CT molecular complexity index is 579. The minimum Gasteiger partial charge on any atom is -0.394 e. The predicted molar refractivity (Wildman–Crippen MR) is 81.5 cm³/mol. The highest BCUT2D eigenvalue weighted by atomic mass is 35.5. The molecule has 21 heavy (non-hydrogen) atoms. The largest absolute Gasteiger partial charge is 0.394 e. The number of aliphatic hydroxyl groups is 1. The second kappa shape index (κ2) is 6.83. The molecule has 6 nitrogen and oxygen atoms in total. The number of rotatable bonds is 5. The van der Waals surface area contributed by atoms with Gasteiger partial charge in [-0.2, -0.15) is 5.10 Å². The Hall–Kier alpha value is -1.02. The Morgan fingerprint density at radius 3 is 2.86 bits per heavy atom. The molecule has 1 aliphatic heterocycles. The fraction of sp³-hybridized carbons (Fsp3) is 0.615. The SMILES string of the molecule is OCCn1nccc1C1CCN(Cc2nnsc2Cl)CC1. The van der Waals surface area contributed by atoms with Crippen LogP contribution in [0.4, 0.5) is 0 Å². The molecule has 0 aromatic carbocycles. The van der Waals surface area contributed by atoms with Gasteiger partial charge in [0.15, 0.2) is 0 Å². The van der Waals surface area contributed by atoms with Crippen LogP contribution in [0.5, 0.6) is 0 Å². The summed E-state index contributed by atoms with van der Waals surface area (Å²) in [6.07, 6.45) is 4.00. The summed E-state index contributed by atoms with van der Waals surface area (Å²) in [5.41, 5.74) is 2.11. The van der Waals surface area contributed by atoms with E-state index in [1.54, 1.807) is 0 Å². The van der Waals surface area contributed by atoms with E-state index in [-0.39, 0.29) is 6.61 Å². The van der Waals surface area contributed by atoms with Gasteiger partial charge in [0, 0.05) is 35.9 Å². The zero-order chi connectivity index (χ0) is 14.7. The molecule has 0 saturated carbocycles. The molecule has 0 bridgehead atoms. The van der Waals surface area contributed by atoms with Crippen molar-refractivity contribution in [1.82, 2.24) is 24.3 Å². The maximum absolute atomic E-state index is 9.08. The molecule has 2 aromatic rings. The first kappa shape index (κ1) is 14.9. The molecule has 3 heterocycles. The van der Waals surface area contributed by atoms with Crippen LogP contribution in [-0.4, -0.2) is 49.1 Å². The lowest BCUT2D eigenvalue weighted by Crippen LogP contribution is -2.33. The standard InChI is InChI=1S/C13H18ClN5OS/c14-13-11(16-17-21-13)9-18-5-2-10(3-6-18)12-1-4-15-19(12)7-8-20/h1,4,10,20H,2-3,5-9H2. The zero-order valence-corrected chi connectivity index (χ0v) is 13.2. The summed E-state index contributed by atoms with van der Waals surface area (Å²) < 4.78 is 6.48. The molecule has 0 radical (unpaired) electrons. The van der Waals surface area contributed by atoms with Crippen molar-refractivity contribution >= 4 is 23.1 Å². The van der Waals surface area contributed by atoms with Gasteiger partial charge in [0.05, 0.1) is 13.2 Å². The third-order valence-electron chi connectivity index (χ3n) is 3.95.